The van der Waals surface area contributed by atoms with Gasteiger partial charge in [0.2, 0.25) is 15.9 Å². The minimum atomic E-state index is -3.77. The third-order valence-corrected chi connectivity index (χ3v) is 5.32. The third kappa shape index (κ3) is 5.52. The minimum absolute atomic E-state index is 0.0166. The molecular formula is C16H16F2N2O3S2. The number of sulfonamides is 1. The lowest BCUT2D eigenvalue weighted by Gasteiger charge is -2.14. The Morgan fingerprint density at radius 2 is 1.84 bits per heavy atom. The molecule has 0 saturated heterocycles. The first kappa shape index (κ1) is 19.4. The van der Waals surface area contributed by atoms with Crippen LogP contribution in [0.15, 0.2) is 52.3 Å². The summed E-state index contributed by atoms with van der Waals surface area (Å²) in [6.07, 6.45) is 0. The fraction of sp³-hybridized carbons (Fsp3) is 0.188. The van der Waals surface area contributed by atoms with Crippen molar-refractivity contribution in [3.8, 4) is 0 Å². The average molecular weight is 386 g/mol. The zero-order valence-electron chi connectivity index (χ0n) is 13.2. The quantitative estimate of drug-likeness (QED) is 0.747. The number of hydrogen-bond donors (Lipinski definition) is 2. The molecule has 0 radical (unpaired) electrons. The molecule has 0 saturated carbocycles. The number of thioether (sulfide) groups is 1. The van der Waals surface area contributed by atoms with Crippen molar-refractivity contribution < 1.29 is 22.0 Å². The van der Waals surface area contributed by atoms with Crippen LogP contribution in [0.5, 0.6) is 0 Å². The van der Waals surface area contributed by atoms with Crippen LogP contribution in [-0.4, -0.2) is 20.1 Å². The van der Waals surface area contributed by atoms with E-state index in [-0.39, 0.29) is 27.5 Å². The van der Waals surface area contributed by atoms with Gasteiger partial charge in [0.25, 0.3) is 0 Å². The standard InChI is InChI=1S/C16H16F2N2O3S2/c1-10(11-2-5-13(6-3-11)25(19,22)23)20-16(21)9-24-15-7-4-12(17)8-14(15)18/h2-8,10H,9H2,1H3,(H,20,21)(H2,19,22,23)/t10-/m1/s1. The maximum absolute atomic E-state index is 13.5. The lowest BCUT2D eigenvalue weighted by Crippen LogP contribution is -2.28. The van der Waals surface area contributed by atoms with Crippen molar-refractivity contribution >= 4 is 27.7 Å². The molecule has 5 nitrogen and oxygen atoms in total. The highest BCUT2D eigenvalue weighted by atomic mass is 32.2. The summed E-state index contributed by atoms with van der Waals surface area (Å²) in [7, 11) is -3.77. The van der Waals surface area contributed by atoms with Crippen molar-refractivity contribution in [2.75, 3.05) is 5.75 Å². The molecule has 0 spiro atoms. The monoisotopic (exact) mass is 386 g/mol. The van der Waals surface area contributed by atoms with Crippen LogP contribution in [0.3, 0.4) is 0 Å². The Balaban J connectivity index is 1.93. The highest BCUT2D eigenvalue weighted by Crippen LogP contribution is 2.22. The molecule has 2 rings (SSSR count). The Bertz CT molecular complexity index is 871. The number of hydrogen-bond acceptors (Lipinski definition) is 4. The van der Waals surface area contributed by atoms with Crippen LogP contribution in [0.1, 0.15) is 18.5 Å². The normalized spacial score (nSPS) is 12.6. The zero-order chi connectivity index (χ0) is 18.6. The molecule has 25 heavy (non-hydrogen) atoms. The lowest BCUT2D eigenvalue weighted by molar-refractivity contribution is -0.119. The second-order valence-electron chi connectivity index (χ2n) is 5.27. The second-order valence-corrected chi connectivity index (χ2v) is 7.85. The Labute approximate surface area is 148 Å². The molecule has 2 aromatic carbocycles. The van der Waals surface area contributed by atoms with Crippen molar-refractivity contribution in [3.63, 3.8) is 0 Å². The maximum atomic E-state index is 13.5. The summed E-state index contributed by atoms with van der Waals surface area (Å²) in [5.74, 6) is -1.77. The fourth-order valence-corrected chi connectivity index (χ4v) is 3.29. The Morgan fingerprint density at radius 3 is 2.40 bits per heavy atom. The van der Waals surface area contributed by atoms with Crippen LogP contribution in [0.2, 0.25) is 0 Å². The first-order chi connectivity index (χ1) is 11.7. The molecular weight excluding hydrogens is 370 g/mol. The van der Waals surface area contributed by atoms with E-state index in [1.807, 2.05) is 0 Å². The number of carbonyl (C=O) groups excluding carboxylic acids is 1. The molecule has 0 aliphatic heterocycles. The lowest BCUT2D eigenvalue weighted by atomic mass is 10.1. The summed E-state index contributed by atoms with van der Waals surface area (Å²) < 4.78 is 48.8. The van der Waals surface area contributed by atoms with Gasteiger partial charge in [-0.1, -0.05) is 12.1 Å². The van der Waals surface area contributed by atoms with Gasteiger partial charge in [-0.25, -0.2) is 22.3 Å². The predicted molar refractivity (Wildman–Crippen MR) is 91.5 cm³/mol. The Morgan fingerprint density at radius 1 is 1.20 bits per heavy atom. The molecule has 134 valence electrons. The molecule has 0 unspecified atom stereocenters. The van der Waals surface area contributed by atoms with Crippen molar-refractivity contribution in [1.82, 2.24) is 5.32 Å². The molecule has 0 aliphatic rings. The highest BCUT2D eigenvalue weighted by Gasteiger charge is 2.13. The maximum Gasteiger partial charge on any atom is 0.238 e. The highest BCUT2D eigenvalue weighted by molar-refractivity contribution is 8.00. The van der Waals surface area contributed by atoms with Crippen molar-refractivity contribution in [3.05, 3.63) is 59.7 Å². The van der Waals surface area contributed by atoms with Crippen LogP contribution in [0.4, 0.5) is 8.78 Å². The topological polar surface area (TPSA) is 89.3 Å². The van der Waals surface area contributed by atoms with E-state index in [0.717, 1.165) is 23.9 Å². The van der Waals surface area contributed by atoms with Gasteiger partial charge in [-0.05, 0) is 36.8 Å². The molecule has 2 aromatic rings. The van der Waals surface area contributed by atoms with E-state index in [9.17, 15) is 22.0 Å². The first-order valence-corrected chi connectivity index (χ1v) is 9.70. The Kier molecular flexibility index (Phi) is 6.15. The van der Waals surface area contributed by atoms with E-state index in [4.69, 9.17) is 5.14 Å². The molecule has 0 heterocycles. The zero-order valence-corrected chi connectivity index (χ0v) is 14.8. The number of halogens is 2. The van der Waals surface area contributed by atoms with Crippen LogP contribution in [0, 0.1) is 11.6 Å². The predicted octanol–water partition coefficient (Wildman–Crippen LogP) is 2.58. The van der Waals surface area contributed by atoms with Crippen molar-refractivity contribution in [2.45, 2.75) is 22.8 Å². The minimum Gasteiger partial charge on any atom is -0.349 e. The largest absolute Gasteiger partial charge is 0.349 e. The van der Waals surface area contributed by atoms with Crippen molar-refractivity contribution in [2.24, 2.45) is 5.14 Å². The van der Waals surface area contributed by atoms with Gasteiger partial charge in [0.15, 0.2) is 0 Å². The fourth-order valence-electron chi connectivity index (χ4n) is 2.05. The van der Waals surface area contributed by atoms with Gasteiger partial charge in [0.1, 0.15) is 11.6 Å². The molecule has 1 amide bonds. The first-order valence-electron chi connectivity index (χ1n) is 7.17. The number of amides is 1. The number of nitrogens with two attached hydrogens (primary N) is 1. The van der Waals surface area contributed by atoms with Gasteiger partial charge in [0.05, 0.1) is 16.7 Å². The summed E-state index contributed by atoms with van der Waals surface area (Å²) in [5, 5.41) is 7.74. The van der Waals surface area contributed by atoms with Crippen LogP contribution in [0.25, 0.3) is 0 Å². The molecule has 1 atom stereocenters. The number of carbonyl (C=O) groups is 1. The smallest absolute Gasteiger partial charge is 0.238 e. The average Bonchev–Trinajstić information content (AvgIpc) is 2.53. The van der Waals surface area contributed by atoms with Gasteiger partial charge in [-0.2, -0.15) is 0 Å². The molecule has 3 N–H and O–H groups in total. The van der Waals surface area contributed by atoms with Gasteiger partial charge in [-0.15, -0.1) is 11.8 Å². The summed E-state index contributed by atoms with van der Waals surface area (Å²) in [5.41, 5.74) is 0.693. The van der Waals surface area contributed by atoms with Crippen LogP contribution < -0.4 is 10.5 Å². The number of rotatable bonds is 6. The van der Waals surface area contributed by atoms with Crippen LogP contribution in [-0.2, 0) is 14.8 Å². The SMILES string of the molecule is C[C@@H](NC(=O)CSc1ccc(F)cc1F)c1ccc(S(N)(=O)=O)cc1. The molecule has 0 bridgehead atoms. The van der Waals surface area contributed by atoms with E-state index in [2.05, 4.69) is 5.32 Å². The Hall–Kier alpha value is -1.97. The van der Waals surface area contributed by atoms with Gasteiger partial charge < -0.3 is 5.32 Å². The van der Waals surface area contributed by atoms with E-state index in [0.29, 0.717) is 5.56 Å². The summed E-state index contributed by atoms with van der Waals surface area (Å²) in [6, 6.07) is 8.61. The summed E-state index contributed by atoms with van der Waals surface area (Å²) in [6.45, 7) is 1.73. The van der Waals surface area contributed by atoms with E-state index in [1.54, 1.807) is 19.1 Å². The number of nitrogens with one attached hydrogen (secondary N) is 1. The van der Waals surface area contributed by atoms with Crippen LogP contribution >= 0.6 is 11.8 Å². The van der Waals surface area contributed by atoms with E-state index >= 15 is 0 Å². The number of benzene rings is 2. The van der Waals surface area contributed by atoms with Gasteiger partial charge >= 0.3 is 0 Å². The molecule has 9 heteroatoms. The van der Waals surface area contributed by atoms with Gasteiger partial charge in [0, 0.05) is 11.0 Å². The summed E-state index contributed by atoms with van der Waals surface area (Å²) in [4.78, 5) is 12.1. The van der Waals surface area contributed by atoms with Gasteiger partial charge in [-0.3, -0.25) is 4.79 Å². The van der Waals surface area contributed by atoms with E-state index in [1.165, 1.54) is 18.2 Å². The second kappa shape index (κ2) is 7.94. The van der Waals surface area contributed by atoms with E-state index < -0.39 is 21.7 Å². The molecule has 0 aliphatic carbocycles. The summed E-state index contributed by atoms with van der Waals surface area (Å²) >= 11 is 0.957. The third-order valence-electron chi connectivity index (χ3n) is 3.34. The number of primary sulfonamides is 1. The molecule has 0 aromatic heterocycles. The molecule has 0 fully saturated rings. The van der Waals surface area contributed by atoms with Crippen molar-refractivity contribution in [1.29, 1.82) is 0 Å².